The SMILES string of the molecule is COC(=O)C1CC(=O)c2cc(F)cc(F)c2C1. The molecule has 90 valence electrons. The number of hydrogen-bond donors (Lipinski definition) is 0. The molecule has 1 atom stereocenters. The molecule has 0 spiro atoms. The number of carbonyl (C=O) groups is 2. The summed E-state index contributed by atoms with van der Waals surface area (Å²) in [6.45, 7) is 0. The van der Waals surface area contributed by atoms with Gasteiger partial charge in [-0.05, 0) is 18.1 Å². The van der Waals surface area contributed by atoms with Gasteiger partial charge in [0.25, 0.3) is 0 Å². The van der Waals surface area contributed by atoms with Crippen LogP contribution in [0.5, 0.6) is 0 Å². The number of halogens is 2. The maximum absolute atomic E-state index is 13.5. The zero-order valence-corrected chi connectivity index (χ0v) is 9.13. The van der Waals surface area contributed by atoms with E-state index in [2.05, 4.69) is 4.74 Å². The maximum atomic E-state index is 13.5. The second kappa shape index (κ2) is 4.24. The molecule has 0 saturated heterocycles. The summed E-state index contributed by atoms with van der Waals surface area (Å²) in [5.74, 6) is -3.24. The average Bonchev–Trinajstić information content (AvgIpc) is 2.29. The zero-order chi connectivity index (χ0) is 12.6. The molecule has 3 nitrogen and oxygen atoms in total. The number of ketones is 1. The molecule has 1 unspecified atom stereocenters. The van der Waals surface area contributed by atoms with E-state index in [4.69, 9.17) is 0 Å². The van der Waals surface area contributed by atoms with E-state index in [1.807, 2.05) is 0 Å². The van der Waals surface area contributed by atoms with Crippen LogP contribution in [0, 0.1) is 17.6 Å². The minimum atomic E-state index is -0.790. The highest BCUT2D eigenvalue weighted by molar-refractivity contribution is 6.01. The van der Waals surface area contributed by atoms with Crippen molar-refractivity contribution in [3.05, 3.63) is 34.9 Å². The van der Waals surface area contributed by atoms with Crippen molar-refractivity contribution < 1.29 is 23.1 Å². The molecule has 0 fully saturated rings. The number of Topliss-reactive ketones (excluding diaryl/α,β-unsaturated/α-hetero) is 1. The summed E-state index contributed by atoms with van der Waals surface area (Å²) in [6.07, 6.45) is 0.00241. The van der Waals surface area contributed by atoms with Gasteiger partial charge in [0.1, 0.15) is 11.6 Å². The lowest BCUT2D eigenvalue weighted by molar-refractivity contribution is -0.145. The van der Waals surface area contributed by atoms with Crippen LogP contribution in [0.2, 0.25) is 0 Å². The van der Waals surface area contributed by atoms with Crippen LogP contribution >= 0.6 is 0 Å². The smallest absolute Gasteiger partial charge is 0.309 e. The fourth-order valence-electron chi connectivity index (χ4n) is 2.05. The molecule has 0 bridgehead atoms. The molecule has 2 rings (SSSR count). The third-order valence-electron chi connectivity index (χ3n) is 2.88. The third-order valence-corrected chi connectivity index (χ3v) is 2.88. The molecule has 1 aliphatic rings. The molecular weight excluding hydrogens is 230 g/mol. The quantitative estimate of drug-likeness (QED) is 0.704. The van der Waals surface area contributed by atoms with E-state index in [9.17, 15) is 18.4 Å². The first kappa shape index (κ1) is 11.7. The van der Waals surface area contributed by atoms with Crippen molar-refractivity contribution in [1.82, 2.24) is 0 Å². The highest BCUT2D eigenvalue weighted by Gasteiger charge is 2.32. The standard InChI is InChI=1S/C12H10F2O3/c1-17-12(16)6-2-8-9(11(15)3-6)4-7(13)5-10(8)14/h4-6H,2-3H2,1H3. The summed E-state index contributed by atoms with van der Waals surface area (Å²) in [6, 6.07) is 1.72. The lowest BCUT2D eigenvalue weighted by atomic mass is 9.82. The lowest BCUT2D eigenvalue weighted by Crippen LogP contribution is -2.28. The molecule has 1 aliphatic carbocycles. The molecule has 0 heterocycles. The van der Waals surface area contributed by atoms with Gasteiger partial charge in [0.2, 0.25) is 0 Å². The molecule has 5 heteroatoms. The molecule has 0 radical (unpaired) electrons. The van der Waals surface area contributed by atoms with E-state index in [1.54, 1.807) is 0 Å². The predicted molar refractivity (Wildman–Crippen MR) is 54.5 cm³/mol. The summed E-state index contributed by atoms with van der Waals surface area (Å²) in [5, 5.41) is 0. The Morgan fingerprint density at radius 2 is 2.06 bits per heavy atom. The molecule has 0 aliphatic heterocycles. The van der Waals surface area contributed by atoms with Crippen molar-refractivity contribution >= 4 is 11.8 Å². The van der Waals surface area contributed by atoms with Gasteiger partial charge in [-0.15, -0.1) is 0 Å². The van der Waals surface area contributed by atoms with Crippen LogP contribution in [0.15, 0.2) is 12.1 Å². The number of benzene rings is 1. The summed E-state index contributed by atoms with van der Waals surface area (Å²) in [4.78, 5) is 23.0. The summed E-state index contributed by atoms with van der Waals surface area (Å²) < 4.78 is 31.0. The molecular formula is C12H10F2O3. The maximum Gasteiger partial charge on any atom is 0.309 e. The minimum Gasteiger partial charge on any atom is -0.469 e. The van der Waals surface area contributed by atoms with Crippen molar-refractivity contribution in [2.75, 3.05) is 7.11 Å². The minimum absolute atomic E-state index is 0.0302. The van der Waals surface area contributed by atoms with Crippen LogP contribution in [-0.4, -0.2) is 18.9 Å². The molecule has 0 N–H and O–H groups in total. The zero-order valence-electron chi connectivity index (χ0n) is 9.13. The lowest BCUT2D eigenvalue weighted by Gasteiger charge is -2.22. The van der Waals surface area contributed by atoms with Gasteiger partial charge < -0.3 is 4.74 Å². The van der Waals surface area contributed by atoms with Crippen molar-refractivity contribution in [1.29, 1.82) is 0 Å². The van der Waals surface area contributed by atoms with Crippen molar-refractivity contribution in [3.63, 3.8) is 0 Å². The van der Waals surface area contributed by atoms with Crippen LogP contribution in [0.25, 0.3) is 0 Å². The van der Waals surface area contributed by atoms with Crippen molar-refractivity contribution in [2.24, 2.45) is 5.92 Å². The van der Waals surface area contributed by atoms with Crippen LogP contribution < -0.4 is 0 Å². The average molecular weight is 240 g/mol. The Morgan fingerprint density at radius 1 is 1.35 bits per heavy atom. The van der Waals surface area contributed by atoms with Gasteiger partial charge in [0, 0.05) is 18.1 Å². The molecule has 1 aromatic rings. The molecule has 0 aromatic heterocycles. The number of hydrogen-bond acceptors (Lipinski definition) is 3. The Bertz CT molecular complexity index is 497. The second-order valence-electron chi connectivity index (χ2n) is 3.97. The number of methoxy groups -OCH3 is 1. The Balaban J connectivity index is 2.43. The number of fused-ring (bicyclic) bond motifs is 1. The van der Waals surface area contributed by atoms with Crippen LogP contribution in [-0.2, 0) is 16.0 Å². The van der Waals surface area contributed by atoms with E-state index in [-0.39, 0.29) is 24.0 Å². The van der Waals surface area contributed by atoms with E-state index < -0.39 is 29.3 Å². The van der Waals surface area contributed by atoms with Crippen LogP contribution in [0.3, 0.4) is 0 Å². The fraction of sp³-hybridized carbons (Fsp3) is 0.333. The molecule has 0 amide bonds. The Morgan fingerprint density at radius 3 is 2.71 bits per heavy atom. The van der Waals surface area contributed by atoms with Gasteiger partial charge in [0.05, 0.1) is 13.0 Å². The van der Waals surface area contributed by atoms with Gasteiger partial charge in [0.15, 0.2) is 5.78 Å². The number of rotatable bonds is 1. The summed E-state index contributed by atoms with van der Waals surface area (Å²) >= 11 is 0. The highest BCUT2D eigenvalue weighted by atomic mass is 19.1. The Labute approximate surface area is 96.4 Å². The number of carbonyl (C=O) groups excluding carboxylic acids is 2. The molecule has 1 aromatic carbocycles. The third kappa shape index (κ3) is 2.05. The predicted octanol–water partition coefficient (Wildman–Crippen LogP) is 1.88. The van der Waals surface area contributed by atoms with E-state index in [1.165, 1.54) is 7.11 Å². The monoisotopic (exact) mass is 240 g/mol. The van der Waals surface area contributed by atoms with Gasteiger partial charge in [-0.3, -0.25) is 9.59 Å². The van der Waals surface area contributed by atoms with Gasteiger partial charge in [-0.25, -0.2) is 8.78 Å². The number of esters is 1. The first-order chi connectivity index (χ1) is 8.02. The Hall–Kier alpha value is -1.78. The highest BCUT2D eigenvalue weighted by Crippen LogP contribution is 2.29. The molecule has 17 heavy (non-hydrogen) atoms. The van der Waals surface area contributed by atoms with Crippen LogP contribution in [0.1, 0.15) is 22.3 Å². The van der Waals surface area contributed by atoms with Gasteiger partial charge in [-0.2, -0.15) is 0 Å². The largest absolute Gasteiger partial charge is 0.469 e. The van der Waals surface area contributed by atoms with Gasteiger partial charge in [-0.1, -0.05) is 0 Å². The first-order valence-corrected chi connectivity index (χ1v) is 5.12. The second-order valence-corrected chi connectivity index (χ2v) is 3.97. The Kier molecular flexibility index (Phi) is 2.92. The van der Waals surface area contributed by atoms with E-state index in [0.717, 1.165) is 6.07 Å². The van der Waals surface area contributed by atoms with Gasteiger partial charge >= 0.3 is 5.97 Å². The normalized spacial score (nSPS) is 18.8. The number of ether oxygens (including phenoxy) is 1. The molecule has 0 saturated carbocycles. The summed E-state index contributed by atoms with van der Waals surface area (Å²) in [5.41, 5.74) is 0.126. The first-order valence-electron chi connectivity index (χ1n) is 5.12. The topological polar surface area (TPSA) is 43.4 Å². The van der Waals surface area contributed by atoms with Crippen LogP contribution in [0.4, 0.5) is 8.78 Å². The van der Waals surface area contributed by atoms with E-state index in [0.29, 0.717) is 6.07 Å². The van der Waals surface area contributed by atoms with Crippen molar-refractivity contribution in [2.45, 2.75) is 12.8 Å². The van der Waals surface area contributed by atoms with E-state index >= 15 is 0 Å². The summed E-state index contributed by atoms with van der Waals surface area (Å²) in [7, 11) is 1.21. The van der Waals surface area contributed by atoms with Crippen molar-refractivity contribution in [3.8, 4) is 0 Å². The fourth-order valence-corrected chi connectivity index (χ4v) is 2.05.